The van der Waals surface area contributed by atoms with Crippen LogP contribution >= 0.6 is 0 Å². The molecule has 0 bridgehead atoms. The van der Waals surface area contributed by atoms with Gasteiger partial charge in [-0.15, -0.1) is 0 Å². The Labute approximate surface area is 107 Å². The molecule has 1 saturated heterocycles. The topological polar surface area (TPSA) is 61.4 Å². The fraction of sp³-hybridized carbons (Fsp3) is 0.500. The lowest BCUT2D eigenvalue weighted by Crippen LogP contribution is -2.39. The van der Waals surface area contributed by atoms with Crippen LogP contribution in [0.2, 0.25) is 0 Å². The first-order valence-corrected chi connectivity index (χ1v) is 6.42. The molecule has 4 nitrogen and oxygen atoms in total. The molecule has 0 radical (unpaired) electrons. The predicted octanol–water partition coefficient (Wildman–Crippen LogP) is 0.834. The standard InChI is InChI=1S/C14H20N2O2/c1-10-12(7-8-15-10)14(18)16-13(9-17)11-5-3-2-4-6-11/h2-6,10,12-13,15,17H,7-9H2,1H3,(H,16,18)/t10?,12?,13-/m1/s1. The molecule has 18 heavy (non-hydrogen) atoms. The lowest BCUT2D eigenvalue weighted by atomic mass is 9.99. The Kier molecular flexibility index (Phi) is 4.33. The molecular weight excluding hydrogens is 228 g/mol. The minimum Gasteiger partial charge on any atom is -0.394 e. The molecule has 3 atom stereocenters. The first-order valence-electron chi connectivity index (χ1n) is 6.42. The maximum Gasteiger partial charge on any atom is 0.225 e. The molecule has 1 heterocycles. The van der Waals surface area contributed by atoms with Gasteiger partial charge in [0.1, 0.15) is 0 Å². The Morgan fingerprint density at radius 1 is 1.50 bits per heavy atom. The molecule has 0 saturated carbocycles. The highest BCUT2D eigenvalue weighted by molar-refractivity contribution is 5.80. The van der Waals surface area contributed by atoms with E-state index >= 15 is 0 Å². The minimum atomic E-state index is -0.313. The largest absolute Gasteiger partial charge is 0.394 e. The molecule has 1 aromatic carbocycles. The van der Waals surface area contributed by atoms with Crippen molar-refractivity contribution in [1.29, 1.82) is 0 Å². The van der Waals surface area contributed by atoms with Gasteiger partial charge in [-0.3, -0.25) is 4.79 Å². The molecule has 0 aromatic heterocycles. The van der Waals surface area contributed by atoms with Gasteiger partial charge in [-0.1, -0.05) is 30.3 Å². The molecule has 4 heteroatoms. The molecule has 1 aromatic rings. The highest BCUT2D eigenvalue weighted by Gasteiger charge is 2.30. The summed E-state index contributed by atoms with van der Waals surface area (Å²) in [5.74, 6) is 0.0261. The van der Waals surface area contributed by atoms with Gasteiger partial charge < -0.3 is 15.7 Å². The third-order valence-electron chi connectivity index (χ3n) is 3.56. The Morgan fingerprint density at radius 2 is 2.22 bits per heavy atom. The lowest BCUT2D eigenvalue weighted by molar-refractivity contribution is -0.126. The summed E-state index contributed by atoms with van der Waals surface area (Å²) in [6.07, 6.45) is 0.861. The predicted molar refractivity (Wildman–Crippen MR) is 70.0 cm³/mol. The van der Waals surface area contributed by atoms with Crippen LogP contribution in [0.25, 0.3) is 0 Å². The monoisotopic (exact) mass is 248 g/mol. The average molecular weight is 248 g/mol. The molecule has 1 aliphatic rings. The van der Waals surface area contributed by atoms with Gasteiger partial charge in [-0.05, 0) is 25.5 Å². The number of hydrogen-bond acceptors (Lipinski definition) is 3. The first-order chi connectivity index (χ1) is 8.72. The van der Waals surface area contributed by atoms with Gasteiger partial charge in [0.2, 0.25) is 5.91 Å². The summed E-state index contributed by atoms with van der Waals surface area (Å²) in [7, 11) is 0. The number of amides is 1. The van der Waals surface area contributed by atoms with Crippen molar-refractivity contribution in [3.8, 4) is 0 Å². The highest BCUT2D eigenvalue weighted by atomic mass is 16.3. The van der Waals surface area contributed by atoms with Crippen LogP contribution in [0.15, 0.2) is 30.3 Å². The van der Waals surface area contributed by atoms with Crippen LogP contribution in [0.5, 0.6) is 0 Å². The van der Waals surface area contributed by atoms with Gasteiger partial charge in [0.05, 0.1) is 18.6 Å². The first kappa shape index (κ1) is 13.1. The Bertz CT molecular complexity index is 394. The number of carbonyl (C=O) groups excluding carboxylic acids is 1. The van der Waals surface area contributed by atoms with E-state index in [4.69, 9.17) is 0 Å². The summed E-state index contributed by atoms with van der Waals surface area (Å²) in [5.41, 5.74) is 0.937. The van der Waals surface area contributed by atoms with Crippen molar-refractivity contribution in [1.82, 2.24) is 10.6 Å². The normalized spacial score (nSPS) is 24.8. The fourth-order valence-corrected chi connectivity index (χ4v) is 2.42. The van der Waals surface area contributed by atoms with Crippen molar-refractivity contribution in [2.75, 3.05) is 13.2 Å². The van der Waals surface area contributed by atoms with Gasteiger partial charge in [-0.2, -0.15) is 0 Å². The molecule has 1 fully saturated rings. The van der Waals surface area contributed by atoms with E-state index in [1.165, 1.54) is 0 Å². The zero-order chi connectivity index (χ0) is 13.0. The van der Waals surface area contributed by atoms with Crippen LogP contribution in [0.4, 0.5) is 0 Å². The SMILES string of the molecule is CC1NCCC1C(=O)N[C@H](CO)c1ccccc1. The van der Waals surface area contributed by atoms with Gasteiger partial charge in [0, 0.05) is 6.04 Å². The number of nitrogens with one attached hydrogen (secondary N) is 2. The summed E-state index contributed by atoms with van der Waals surface area (Å²) in [5, 5.41) is 15.6. The maximum atomic E-state index is 12.1. The van der Waals surface area contributed by atoms with Gasteiger partial charge in [0.25, 0.3) is 0 Å². The Hall–Kier alpha value is -1.39. The summed E-state index contributed by atoms with van der Waals surface area (Å²) >= 11 is 0. The average Bonchev–Trinajstić information content (AvgIpc) is 2.83. The van der Waals surface area contributed by atoms with Crippen LogP contribution < -0.4 is 10.6 Å². The summed E-state index contributed by atoms with van der Waals surface area (Å²) in [6, 6.07) is 9.46. The molecule has 2 rings (SSSR count). The van der Waals surface area contributed by atoms with Crippen molar-refractivity contribution in [3.63, 3.8) is 0 Å². The van der Waals surface area contributed by atoms with E-state index in [9.17, 15) is 9.90 Å². The molecule has 1 aliphatic heterocycles. The Morgan fingerprint density at radius 3 is 2.78 bits per heavy atom. The van der Waals surface area contributed by atoms with E-state index in [-0.39, 0.29) is 30.5 Å². The number of carbonyl (C=O) groups is 1. The second-order valence-corrected chi connectivity index (χ2v) is 4.79. The van der Waals surface area contributed by atoms with Crippen molar-refractivity contribution >= 4 is 5.91 Å². The molecule has 1 amide bonds. The van der Waals surface area contributed by atoms with Gasteiger partial charge >= 0.3 is 0 Å². The molecule has 0 aliphatic carbocycles. The zero-order valence-electron chi connectivity index (χ0n) is 10.6. The van der Waals surface area contributed by atoms with E-state index < -0.39 is 0 Å². The second kappa shape index (κ2) is 5.98. The highest BCUT2D eigenvalue weighted by Crippen LogP contribution is 2.18. The van der Waals surface area contributed by atoms with E-state index in [0.29, 0.717) is 0 Å². The smallest absolute Gasteiger partial charge is 0.225 e. The molecule has 0 spiro atoms. The summed E-state index contributed by atoms with van der Waals surface area (Å²) in [4.78, 5) is 12.1. The van der Waals surface area contributed by atoms with Crippen LogP contribution in [0.3, 0.4) is 0 Å². The molecular formula is C14H20N2O2. The fourth-order valence-electron chi connectivity index (χ4n) is 2.42. The number of aliphatic hydroxyl groups is 1. The van der Waals surface area contributed by atoms with Gasteiger partial charge in [0.15, 0.2) is 0 Å². The number of benzene rings is 1. The third-order valence-corrected chi connectivity index (χ3v) is 3.56. The number of rotatable bonds is 4. The molecule has 2 unspecified atom stereocenters. The van der Waals surface area contributed by atoms with Crippen molar-refractivity contribution < 1.29 is 9.90 Å². The number of aliphatic hydroxyl groups excluding tert-OH is 1. The molecule has 98 valence electrons. The quantitative estimate of drug-likeness (QED) is 0.740. The van der Waals surface area contributed by atoms with Crippen LogP contribution in [-0.2, 0) is 4.79 Å². The maximum absolute atomic E-state index is 12.1. The van der Waals surface area contributed by atoms with E-state index in [2.05, 4.69) is 10.6 Å². The van der Waals surface area contributed by atoms with Crippen LogP contribution in [0, 0.1) is 5.92 Å². The summed E-state index contributed by atoms with van der Waals surface area (Å²) < 4.78 is 0. The molecule has 3 N–H and O–H groups in total. The van der Waals surface area contributed by atoms with Crippen LogP contribution in [0.1, 0.15) is 24.9 Å². The van der Waals surface area contributed by atoms with Gasteiger partial charge in [-0.25, -0.2) is 0 Å². The van der Waals surface area contributed by atoms with Crippen molar-refractivity contribution in [2.45, 2.75) is 25.4 Å². The van der Waals surface area contributed by atoms with Crippen molar-refractivity contribution in [3.05, 3.63) is 35.9 Å². The lowest BCUT2D eigenvalue weighted by Gasteiger charge is -2.21. The second-order valence-electron chi connectivity index (χ2n) is 4.79. The van der Waals surface area contributed by atoms with E-state index in [1.54, 1.807) is 0 Å². The minimum absolute atomic E-state index is 0.00256. The van der Waals surface area contributed by atoms with Crippen molar-refractivity contribution in [2.24, 2.45) is 5.92 Å². The van der Waals surface area contributed by atoms with E-state index in [0.717, 1.165) is 18.5 Å². The number of hydrogen-bond donors (Lipinski definition) is 3. The zero-order valence-corrected chi connectivity index (χ0v) is 10.6. The Balaban J connectivity index is 2.00. The van der Waals surface area contributed by atoms with E-state index in [1.807, 2.05) is 37.3 Å². The van der Waals surface area contributed by atoms with Crippen LogP contribution in [-0.4, -0.2) is 30.2 Å². The third kappa shape index (κ3) is 2.89. The summed E-state index contributed by atoms with van der Waals surface area (Å²) in [6.45, 7) is 2.83.